The van der Waals surface area contributed by atoms with E-state index in [4.69, 9.17) is 11.6 Å². The van der Waals surface area contributed by atoms with E-state index in [1.165, 1.54) is 6.07 Å². The molecule has 0 radical (unpaired) electrons. The van der Waals surface area contributed by atoms with Gasteiger partial charge in [0.25, 0.3) is 0 Å². The number of sulfonamides is 1. The second kappa shape index (κ2) is 6.90. The minimum absolute atomic E-state index is 0. The summed E-state index contributed by atoms with van der Waals surface area (Å²) in [6.45, 7) is 3.48. The quantitative estimate of drug-likeness (QED) is 0.895. The Balaban J connectivity index is 0.00000180. The lowest BCUT2D eigenvalue weighted by molar-refractivity contribution is 0.428. The predicted octanol–water partition coefficient (Wildman–Crippen LogP) is 2.10. The molecule has 1 saturated heterocycles. The molecule has 1 aromatic carbocycles. The lowest BCUT2D eigenvalue weighted by Gasteiger charge is -2.23. The largest absolute Gasteiger partial charge is 0.315 e. The molecule has 1 fully saturated rings. The maximum atomic E-state index is 12.2. The molecule has 0 spiro atoms. The van der Waals surface area contributed by atoms with E-state index < -0.39 is 10.0 Å². The Hall–Kier alpha value is -0.330. The highest BCUT2D eigenvalue weighted by Gasteiger charge is 2.21. The van der Waals surface area contributed by atoms with Crippen molar-refractivity contribution in [3.05, 3.63) is 28.8 Å². The number of nitrogens with one attached hydrogen (secondary N) is 2. The normalized spacial score (nSPS) is 19.8. The van der Waals surface area contributed by atoms with Gasteiger partial charge < -0.3 is 5.32 Å². The molecule has 1 aromatic rings. The zero-order valence-corrected chi connectivity index (χ0v) is 13.0. The van der Waals surface area contributed by atoms with Crippen LogP contribution in [0.15, 0.2) is 23.1 Å². The van der Waals surface area contributed by atoms with Crippen molar-refractivity contribution in [2.45, 2.75) is 30.7 Å². The number of hydrogen-bond acceptors (Lipinski definition) is 3. The molecule has 0 aliphatic carbocycles. The molecule has 4 nitrogen and oxygen atoms in total. The standard InChI is InChI=1S/C12H17ClN2O2S.ClH/c1-9-4-5-11(7-12(9)13)18(16,17)15-10-3-2-6-14-8-10;/h4-5,7,10,14-15H,2-3,6,8H2,1H3;1H. The first-order valence-electron chi connectivity index (χ1n) is 5.98. The first-order chi connectivity index (χ1) is 8.49. The molecule has 1 aliphatic rings. The fourth-order valence-corrected chi connectivity index (χ4v) is 3.52. The third kappa shape index (κ3) is 4.33. The van der Waals surface area contributed by atoms with E-state index >= 15 is 0 Å². The summed E-state index contributed by atoms with van der Waals surface area (Å²) in [5, 5.41) is 3.65. The Morgan fingerprint density at radius 2 is 2.16 bits per heavy atom. The van der Waals surface area contributed by atoms with Gasteiger partial charge in [0.15, 0.2) is 0 Å². The summed E-state index contributed by atoms with van der Waals surface area (Å²) in [7, 11) is -3.47. The molecule has 1 unspecified atom stereocenters. The van der Waals surface area contributed by atoms with Gasteiger partial charge in [-0.15, -0.1) is 12.4 Å². The molecule has 2 rings (SSSR count). The second-order valence-electron chi connectivity index (χ2n) is 4.58. The van der Waals surface area contributed by atoms with Gasteiger partial charge in [-0.1, -0.05) is 17.7 Å². The fraction of sp³-hybridized carbons (Fsp3) is 0.500. The van der Waals surface area contributed by atoms with Crippen LogP contribution < -0.4 is 10.0 Å². The highest BCUT2D eigenvalue weighted by atomic mass is 35.5. The topological polar surface area (TPSA) is 58.2 Å². The number of aryl methyl sites for hydroxylation is 1. The molecule has 108 valence electrons. The summed E-state index contributed by atoms with van der Waals surface area (Å²) in [4.78, 5) is 0.226. The molecule has 19 heavy (non-hydrogen) atoms. The minimum atomic E-state index is -3.47. The van der Waals surface area contributed by atoms with E-state index in [1.807, 2.05) is 6.92 Å². The smallest absolute Gasteiger partial charge is 0.240 e. The third-order valence-electron chi connectivity index (χ3n) is 3.07. The first-order valence-corrected chi connectivity index (χ1v) is 7.84. The lowest BCUT2D eigenvalue weighted by atomic mass is 10.1. The number of hydrogen-bond donors (Lipinski definition) is 2. The SMILES string of the molecule is Cc1ccc(S(=O)(=O)NC2CCCNC2)cc1Cl.Cl. The molecule has 0 saturated carbocycles. The molecule has 0 bridgehead atoms. The zero-order chi connectivity index (χ0) is 13.2. The summed E-state index contributed by atoms with van der Waals surface area (Å²) in [6.07, 6.45) is 1.85. The Kier molecular flexibility index (Phi) is 6.08. The van der Waals surface area contributed by atoms with Crippen molar-refractivity contribution >= 4 is 34.0 Å². The van der Waals surface area contributed by atoms with Crippen molar-refractivity contribution in [3.8, 4) is 0 Å². The average Bonchev–Trinajstić information content (AvgIpc) is 2.33. The van der Waals surface area contributed by atoms with Crippen molar-refractivity contribution in [1.82, 2.24) is 10.0 Å². The summed E-state index contributed by atoms with van der Waals surface area (Å²) in [5.41, 5.74) is 0.870. The van der Waals surface area contributed by atoms with Gasteiger partial charge in [-0.05, 0) is 44.0 Å². The summed E-state index contributed by atoms with van der Waals surface area (Å²) in [6, 6.07) is 4.76. The van der Waals surface area contributed by atoms with E-state index in [-0.39, 0.29) is 23.3 Å². The van der Waals surface area contributed by atoms with E-state index in [0.29, 0.717) is 11.6 Å². The Morgan fingerprint density at radius 3 is 2.74 bits per heavy atom. The van der Waals surface area contributed by atoms with E-state index in [9.17, 15) is 8.42 Å². The van der Waals surface area contributed by atoms with E-state index in [2.05, 4.69) is 10.0 Å². The maximum absolute atomic E-state index is 12.2. The van der Waals surface area contributed by atoms with Gasteiger partial charge in [-0.3, -0.25) is 0 Å². The van der Waals surface area contributed by atoms with Crippen LogP contribution in [0, 0.1) is 6.92 Å². The van der Waals surface area contributed by atoms with Crippen LogP contribution in [-0.2, 0) is 10.0 Å². The lowest BCUT2D eigenvalue weighted by Crippen LogP contribution is -2.45. The second-order valence-corrected chi connectivity index (χ2v) is 6.70. The van der Waals surface area contributed by atoms with Crippen LogP contribution in [0.3, 0.4) is 0 Å². The van der Waals surface area contributed by atoms with Crippen molar-refractivity contribution in [1.29, 1.82) is 0 Å². The molecule has 0 amide bonds. The van der Waals surface area contributed by atoms with Gasteiger partial charge >= 0.3 is 0 Å². The van der Waals surface area contributed by atoms with E-state index in [0.717, 1.165) is 24.9 Å². The highest BCUT2D eigenvalue weighted by Crippen LogP contribution is 2.20. The van der Waals surface area contributed by atoms with Crippen LogP contribution in [0.1, 0.15) is 18.4 Å². The van der Waals surface area contributed by atoms with Crippen LogP contribution in [0.5, 0.6) is 0 Å². The van der Waals surface area contributed by atoms with E-state index in [1.54, 1.807) is 12.1 Å². The molecule has 1 heterocycles. The number of rotatable bonds is 3. The number of halogens is 2. The van der Waals surface area contributed by atoms with Crippen molar-refractivity contribution in [3.63, 3.8) is 0 Å². The van der Waals surface area contributed by atoms with Crippen LogP contribution in [0.25, 0.3) is 0 Å². The fourth-order valence-electron chi connectivity index (χ4n) is 1.98. The monoisotopic (exact) mass is 324 g/mol. The summed E-state index contributed by atoms with van der Waals surface area (Å²) in [5.74, 6) is 0. The molecule has 1 aliphatic heterocycles. The van der Waals surface area contributed by atoms with Crippen LogP contribution in [-0.4, -0.2) is 27.5 Å². The molecular formula is C12H18Cl2N2O2S. The average molecular weight is 325 g/mol. The molecule has 0 aromatic heterocycles. The van der Waals surface area contributed by atoms with Crippen molar-refractivity contribution < 1.29 is 8.42 Å². The predicted molar refractivity (Wildman–Crippen MR) is 79.7 cm³/mol. The summed E-state index contributed by atoms with van der Waals surface area (Å²) >= 11 is 5.96. The molecular weight excluding hydrogens is 307 g/mol. The Labute approximate surface area is 125 Å². The van der Waals surface area contributed by atoms with Gasteiger partial charge in [-0.2, -0.15) is 0 Å². The zero-order valence-electron chi connectivity index (χ0n) is 10.6. The maximum Gasteiger partial charge on any atom is 0.240 e. The Bertz CT molecular complexity index is 529. The van der Waals surface area contributed by atoms with Gasteiger partial charge in [-0.25, -0.2) is 13.1 Å². The minimum Gasteiger partial charge on any atom is -0.315 e. The van der Waals surface area contributed by atoms with Crippen molar-refractivity contribution in [2.75, 3.05) is 13.1 Å². The molecule has 2 N–H and O–H groups in total. The number of benzene rings is 1. The Morgan fingerprint density at radius 1 is 1.42 bits per heavy atom. The van der Waals surface area contributed by atoms with Crippen molar-refractivity contribution in [2.24, 2.45) is 0 Å². The molecule has 1 atom stereocenters. The first kappa shape index (κ1) is 16.7. The molecule has 7 heteroatoms. The van der Waals surface area contributed by atoms with Gasteiger partial charge in [0.2, 0.25) is 10.0 Å². The van der Waals surface area contributed by atoms with Crippen LogP contribution >= 0.6 is 24.0 Å². The van der Waals surface area contributed by atoms with Crippen LogP contribution in [0.4, 0.5) is 0 Å². The number of piperidine rings is 1. The summed E-state index contributed by atoms with van der Waals surface area (Å²) < 4.78 is 27.0. The van der Waals surface area contributed by atoms with Crippen LogP contribution in [0.2, 0.25) is 5.02 Å². The third-order valence-corrected chi connectivity index (χ3v) is 5.00. The highest BCUT2D eigenvalue weighted by molar-refractivity contribution is 7.89. The van der Waals surface area contributed by atoms with Gasteiger partial charge in [0, 0.05) is 17.6 Å². The van der Waals surface area contributed by atoms with Gasteiger partial charge in [0.1, 0.15) is 0 Å². The van der Waals surface area contributed by atoms with Gasteiger partial charge in [0.05, 0.1) is 4.90 Å².